The molecule has 0 aromatic heterocycles. The second-order valence-electron chi connectivity index (χ2n) is 6.96. The molecule has 0 unspecified atom stereocenters. The molecule has 1 spiro atoms. The van der Waals surface area contributed by atoms with Crippen molar-refractivity contribution < 1.29 is 9.53 Å². The fourth-order valence-corrected chi connectivity index (χ4v) is 3.49. The van der Waals surface area contributed by atoms with Crippen LogP contribution >= 0.6 is 0 Å². The summed E-state index contributed by atoms with van der Waals surface area (Å²) >= 11 is 0. The van der Waals surface area contributed by atoms with E-state index < -0.39 is 0 Å². The van der Waals surface area contributed by atoms with Gasteiger partial charge in [-0.2, -0.15) is 0 Å². The van der Waals surface area contributed by atoms with Crippen LogP contribution in [-0.2, 0) is 21.6 Å². The molecule has 0 amide bonds. The lowest BCUT2D eigenvalue weighted by Crippen LogP contribution is -2.52. The molecule has 0 bridgehead atoms. The van der Waals surface area contributed by atoms with Gasteiger partial charge in [0.05, 0.1) is 6.42 Å². The van der Waals surface area contributed by atoms with Crippen molar-refractivity contribution in [2.24, 2.45) is 0 Å². The number of carbonyl (C=O) groups excluding carboxylic acids is 1. The number of rotatable bonds is 0. The van der Waals surface area contributed by atoms with E-state index in [2.05, 4.69) is 43.9 Å². The van der Waals surface area contributed by atoms with E-state index in [-0.39, 0.29) is 17.1 Å². The lowest BCUT2D eigenvalue weighted by molar-refractivity contribution is -0.170. The largest absolute Gasteiger partial charge is 0.454 e. The lowest BCUT2D eigenvalue weighted by Gasteiger charge is -2.47. The number of piperidine rings is 1. The number of nitrogens with zero attached hydrogens (tertiary/aromatic N) is 1. The van der Waals surface area contributed by atoms with Crippen molar-refractivity contribution in [2.45, 2.75) is 51.2 Å². The highest BCUT2D eigenvalue weighted by molar-refractivity contribution is 5.76. The first-order chi connectivity index (χ1) is 9.41. The Kier molecular flexibility index (Phi) is 3.13. The smallest absolute Gasteiger partial charge is 0.311 e. The summed E-state index contributed by atoms with van der Waals surface area (Å²) in [7, 11) is 0. The van der Waals surface area contributed by atoms with E-state index in [1.54, 1.807) is 0 Å². The Balaban J connectivity index is 1.89. The van der Waals surface area contributed by atoms with E-state index in [0.29, 0.717) is 6.42 Å². The average Bonchev–Trinajstić information content (AvgIpc) is 2.38. The minimum Gasteiger partial charge on any atom is -0.454 e. The second-order valence-corrected chi connectivity index (χ2v) is 6.96. The van der Waals surface area contributed by atoms with Crippen LogP contribution in [0.5, 0.6) is 0 Å². The van der Waals surface area contributed by atoms with Crippen molar-refractivity contribution in [2.75, 3.05) is 13.1 Å². The molecule has 3 heteroatoms. The van der Waals surface area contributed by atoms with Gasteiger partial charge in [0.25, 0.3) is 0 Å². The van der Waals surface area contributed by atoms with Crippen LogP contribution in [0.1, 0.15) is 44.7 Å². The molecule has 1 aromatic rings. The van der Waals surface area contributed by atoms with Gasteiger partial charge < -0.3 is 4.74 Å². The standard InChI is InChI=1S/C17H23NO2/c1-16(2,3)18-10-8-17(9-11-18)14-7-5-4-6-13(14)12-15(19)20-17/h4-7H,8-12H2,1-3H3. The molecule has 2 aliphatic heterocycles. The van der Waals surface area contributed by atoms with Gasteiger partial charge in [0.2, 0.25) is 0 Å². The Morgan fingerprint density at radius 2 is 1.80 bits per heavy atom. The van der Waals surface area contributed by atoms with Crippen molar-refractivity contribution in [3.05, 3.63) is 35.4 Å². The molecule has 3 rings (SSSR count). The SMILES string of the molecule is CC(C)(C)N1CCC2(CC1)OC(=O)Cc1ccccc12. The quantitative estimate of drug-likeness (QED) is 0.681. The molecule has 0 aliphatic carbocycles. The first kappa shape index (κ1) is 13.6. The van der Waals surface area contributed by atoms with Crippen molar-refractivity contribution in [3.63, 3.8) is 0 Å². The number of hydrogen-bond donors (Lipinski definition) is 0. The summed E-state index contributed by atoms with van der Waals surface area (Å²) in [4.78, 5) is 14.4. The highest BCUT2D eigenvalue weighted by Gasteiger charge is 2.45. The third kappa shape index (κ3) is 2.24. The molecule has 0 radical (unpaired) electrons. The minimum atomic E-state index is -0.381. The molecule has 2 aliphatic rings. The molecular weight excluding hydrogens is 250 g/mol. The fraction of sp³-hybridized carbons (Fsp3) is 0.588. The van der Waals surface area contributed by atoms with Crippen molar-refractivity contribution in [1.82, 2.24) is 4.90 Å². The van der Waals surface area contributed by atoms with Gasteiger partial charge >= 0.3 is 5.97 Å². The Morgan fingerprint density at radius 3 is 2.45 bits per heavy atom. The molecule has 0 atom stereocenters. The second kappa shape index (κ2) is 4.59. The topological polar surface area (TPSA) is 29.5 Å². The predicted molar refractivity (Wildman–Crippen MR) is 78.5 cm³/mol. The average molecular weight is 273 g/mol. The van der Waals surface area contributed by atoms with E-state index in [9.17, 15) is 4.79 Å². The highest BCUT2D eigenvalue weighted by atomic mass is 16.6. The first-order valence-electron chi connectivity index (χ1n) is 7.46. The first-order valence-corrected chi connectivity index (χ1v) is 7.46. The Labute approximate surface area is 120 Å². The molecule has 20 heavy (non-hydrogen) atoms. The van der Waals surface area contributed by atoms with Crippen LogP contribution in [0.4, 0.5) is 0 Å². The summed E-state index contributed by atoms with van der Waals surface area (Å²) in [5.41, 5.74) is 2.18. The Bertz CT molecular complexity index is 522. The summed E-state index contributed by atoms with van der Waals surface area (Å²) in [6, 6.07) is 8.26. The number of benzene rings is 1. The zero-order valence-corrected chi connectivity index (χ0v) is 12.6. The van der Waals surface area contributed by atoms with Crippen LogP contribution in [-0.4, -0.2) is 29.5 Å². The number of ether oxygens (including phenoxy) is 1. The van der Waals surface area contributed by atoms with Crippen LogP contribution in [0.3, 0.4) is 0 Å². The number of likely N-dealkylation sites (tertiary alicyclic amines) is 1. The zero-order chi connectivity index (χ0) is 14.4. The van der Waals surface area contributed by atoms with Crippen LogP contribution < -0.4 is 0 Å². The maximum absolute atomic E-state index is 11.9. The molecule has 1 saturated heterocycles. The van der Waals surface area contributed by atoms with Crippen molar-refractivity contribution in [3.8, 4) is 0 Å². The van der Waals surface area contributed by atoms with E-state index in [1.165, 1.54) is 5.56 Å². The van der Waals surface area contributed by atoms with Gasteiger partial charge in [-0.3, -0.25) is 9.69 Å². The van der Waals surface area contributed by atoms with Gasteiger partial charge in [-0.25, -0.2) is 0 Å². The molecule has 1 aromatic carbocycles. The van der Waals surface area contributed by atoms with Gasteiger partial charge in [-0.15, -0.1) is 0 Å². The van der Waals surface area contributed by atoms with Gasteiger partial charge in [-0.1, -0.05) is 24.3 Å². The van der Waals surface area contributed by atoms with Gasteiger partial charge in [0.15, 0.2) is 0 Å². The third-order valence-corrected chi connectivity index (χ3v) is 4.67. The van der Waals surface area contributed by atoms with Gasteiger partial charge in [-0.05, 0) is 31.9 Å². The van der Waals surface area contributed by atoms with Crippen molar-refractivity contribution >= 4 is 5.97 Å². The highest BCUT2D eigenvalue weighted by Crippen LogP contribution is 2.42. The molecule has 0 saturated carbocycles. The van der Waals surface area contributed by atoms with E-state index in [1.807, 2.05) is 6.07 Å². The number of fused-ring (bicyclic) bond motifs is 2. The maximum atomic E-state index is 11.9. The molecular formula is C17H23NO2. The molecule has 108 valence electrons. The maximum Gasteiger partial charge on any atom is 0.311 e. The minimum absolute atomic E-state index is 0.0760. The van der Waals surface area contributed by atoms with E-state index >= 15 is 0 Å². The predicted octanol–water partition coefficient (Wildman–Crippen LogP) is 2.88. The monoisotopic (exact) mass is 273 g/mol. The zero-order valence-electron chi connectivity index (χ0n) is 12.6. The normalized spacial score (nSPS) is 22.4. The third-order valence-electron chi connectivity index (χ3n) is 4.67. The number of esters is 1. The summed E-state index contributed by atoms with van der Waals surface area (Å²) in [6.45, 7) is 8.68. The van der Waals surface area contributed by atoms with Crippen LogP contribution in [0.25, 0.3) is 0 Å². The van der Waals surface area contributed by atoms with Crippen LogP contribution in [0.15, 0.2) is 24.3 Å². The van der Waals surface area contributed by atoms with E-state index in [0.717, 1.165) is 31.5 Å². The summed E-state index contributed by atoms with van der Waals surface area (Å²) in [5, 5.41) is 0. The lowest BCUT2D eigenvalue weighted by atomic mass is 9.78. The van der Waals surface area contributed by atoms with Gasteiger partial charge in [0.1, 0.15) is 5.60 Å². The summed E-state index contributed by atoms with van der Waals surface area (Å²) < 4.78 is 5.84. The fourth-order valence-electron chi connectivity index (χ4n) is 3.49. The number of hydrogen-bond acceptors (Lipinski definition) is 3. The van der Waals surface area contributed by atoms with Crippen LogP contribution in [0.2, 0.25) is 0 Å². The summed E-state index contributed by atoms with van der Waals surface area (Å²) in [6.07, 6.45) is 2.21. The number of carbonyl (C=O) groups is 1. The Hall–Kier alpha value is -1.35. The van der Waals surface area contributed by atoms with E-state index in [4.69, 9.17) is 4.74 Å². The van der Waals surface area contributed by atoms with Gasteiger partial charge in [0, 0.05) is 31.5 Å². The molecule has 2 heterocycles. The van der Waals surface area contributed by atoms with Crippen molar-refractivity contribution in [1.29, 1.82) is 0 Å². The van der Waals surface area contributed by atoms with Crippen LogP contribution in [0, 0.1) is 0 Å². The summed E-state index contributed by atoms with van der Waals surface area (Å²) in [5.74, 6) is -0.0760. The molecule has 3 nitrogen and oxygen atoms in total. The Morgan fingerprint density at radius 1 is 1.15 bits per heavy atom. The molecule has 0 N–H and O–H groups in total. The molecule has 1 fully saturated rings.